The van der Waals surface area contributed by atoms with Gasteiger partial charge in [-0.2, -0.15) is 0 Å². The number of amides is 2. The molecule has 1 aliphatic heterocycles. The van der Waals surface area contributed by atoms with Crippen molar-refractivity contribution in [2.75, 3.05) is 6.54 Å². The van der Waals surface area contributed by atoms with Crippen LogP contribution in [0.1, 0.15) is 53.8 Å². The van der Waals surface area contributed by atoms with E-state index in [1.165, 1.54) is 29.5 Å². The van der Waals surface area contributed by atoms with Gasteiger partial charge < -0.3 is 14.6 Å². The Morgan fingerprint density at radius 2 is 1.89 bits per heavy atom. The summed E-state index contributed by atoms with van der Waals surface area (Å²) in [6.45, 7) is -0.233. The molecule has 5 rings (SSSR count). The highest BCUT2D eigenvalue weighted by atomic mass is 19.3. The van der Waals surface area contributed by atoms with E-state index in [9.17, 15) is 22.8 Å². The largest absolute Gasteiger partial charge is 0.448 e. The maximum Gasteiger partial charge on any atom is 0.249 e. The number of aromatic nitrogens is 1. The zero-order chi connectivity index (χ0) is 26.2. The summed E-state index contributed by atoms with van der Waals surface area (Å²) in [5.74, 6) is -4.88. The van der Waals surface area contributed by atoms with Gasteiger partial charge in [-0.1, -0.05) is 42.5 Å². The van der Waals surface area contributed by atoms with E-state index in [1.54, 1.807) is 36.4 Å². The molecule has 3 aromatic rings. The number of hydrogen-bond acceptors (Lipinski definition) is 4. The van der Waals surface area contributed by atoms with Gasteiger partial charge in [-0.15, -0.1) is 0 Å². The number of hydrogen-bond donors (Lipinski definition) is 1. The summed E-state index contributed by atoms with van der Waals surface area (Å²) in [7, 11) is 0. The number of rotatable bonds is 7. The number of halogens is 4. The molecule has 2 amide bonds. The number of nitrogens with one attached hydrogen (secondary N) is 1. The van der Waals surface area contributed by atoms with E-state index in [0.717, 1.165) is 0 Å². The van der Waals surface area contributed by atoms with Crippen LogP contribution >= 0.6 is 0 Å². The van der Waals surface area contributed by atoms with Crippen molar-refractivity contribution in [3.63, 3.8) is 0 Å². The van der Waals surface area contributed by atoms with Crippen molar-refractivity contribution in [2.24, 2.45) is 0 Å². The molecule has 0 spiro atoms. The number of likely N-dealkylation sites (tertiary alicyclic amines) is 1. The van der Waals surface area contributed by atoms with E-state index in [-0.39, 0.29) is 30.8 Å². The Hall–Kier alpha value is -3.69. The SMILES string of the molecule is O=C(N[C@@H](c1ccccc1)c1ccc(C2CC(F)(F)C2)c(F)c1)[C@@H]1C[C@@H](F)CN1C(=O)Cc1ncco1. The zero-order valence-electron chi connectivity index (χ0n) is 19.7. The molecule has 1 N–H and O–H groups in total. The molecular formula is C27H25F4N3O3. The van der Waals surface area contributed by atoms with Crippen LogP contribution < -0.4 is 5.32 Å². The number of carbonyl (C=O) groups is 2. The quantitative estimate of drug-likeness (QED) is 0.463. The average molecular weight is 516 g/mol. The fourth-order valence-corrected chi connectivity index (χ4v) is 5.06. The number of carbonyl (C=O) groups excluding carboxylic acids is 2. The van der Waals surface area contributed by atoms with Gasteiger partial charge in [0.1, 0.15) is 30.7 Å². The Balaban J connectivity index is 1.37. The first kappa shape index (κ1) is 25.0. The molecule has 0 radical (unpaired) electrons. The molecule has 194 valence electrons. The van der Waals surface area contributed by atoms with E-state index < -0.39 is 60.6 Å². The van der Waals surface area contributed by atoms with Gasteiger partial charge in [-0.3, -0.25) is 9.59 Å². The second-order valence-corrected chi connectivity index (χ2v) is 9.59. The second kappa shape index (κ2) is 9.99. The van der Waals surface area contributed by atoms with E-state index in [0.29, 0.717) is 11.1 Å². The molecule has 1 aromatic heterocycles. The number of nitrogens with zero attached hydrogens (tertiary/aromatic N) is 2. The number of benzene rings is 2. The third-order valence-corrected chi connectivity index (χ3v) is 6.97. The Kier molecular flexibility index (Phi) is 6.74. The van der Waals surface area contributed by atoms with E-state index in [4.69, 9.17) is 4.42 Å². The van der Waals surface area contributed by atoms with Crippen molar-refractivity contribution in [1.82, 2.24) is 15.2 Å². The third-order valence-electron chi connectivity index (χ3n) is 6.97. The van der Waals surface area contributed by atoms with Gasteiger partial charge in [0, 0.05) is 19.3 Å². The summed E-state index contributed by atoms with van der Waals surface area (Å²) < 4.78 is 61.1. The van der Waals surface area contributed by atoms with Gasteiger partial charge in [0.25, 0.3) is 0 Å². The topological polar surface area (TPSA) is 75.4 Å². The molecule has 2 heterocycles. The van der Waals surface area contributed by atoms with Gasteiger partial charge in [0.15, 0.2) is 0 Å². The van der Waals surface area contributed by atoms with E-state index in [2.05, 4.69) is 10.3 Å². The maximum absolute atomic E-state index is 15.0. The second-order valence-electron chi connectivity index (χ2n) is 9.59. The standard InChI is InChI=1S/C27H25F4N3O3/c28-19-11-22(34(15-19)24(35)12-23-32-8-9-37-23)26(36)33-25(16-4-2-1-3-5-16)17-6-7-20(21(29)10-17)18-13-27(30,31)14-18/h1-10,18-19,22,25H,11-15H2,(H,33,36)/t19-,22+,25+/m1/s1. The first-order valence-corrected chi connectivity index (χ1v) is 12.0. The molecule has 6 nitrogen and oxygen atoms in total. The lowest BCUT2D eigenvalue weighted by molar-refractivity contribution is -0.138. The fraction of sp³-hybridized carbons (Fsp3) is 0.370. The minimum absolute atomic E-state index is 0.161. The minimum atomic E-state index is -2.78. The van der Waals surface area contributed by atoms with Crippen molar-refractivity contribution in [3.8, 4) is 0 Å². The van der Waals surface area contributed by atoms with Gasteiger partial charge in [0.05, 0.1) is 18.8 Å². The maximum atomic E-state index is 15.0. The lowest BCUT2D eigenvalue weighted by Crippen LogP contribution is -2.47. The Morgan fingerprint density at radius 3 is 2.54 bits per heavy atom. The van der Waals surface area contributed by atoms with Gasteiger partial charge >= 0.3 is 0 Å². The lowest BCUT2D eigenvalue weighted by atomic mass is 9.76. The molecule has 1 aliphatic carbocycles. The first-order valence-electron chi connectivity index (χ1n) is 12.0. The summed E-state index contributed by atoms with van der Waals surface area (Å²) in [6, 6.07) is 11.3. The van der Waals surface area contributed by atoms with Gasteiger partial charge in [0.2, 0.25) is 23.6 Å². The molecule has 37 heavy (non-hydrogen) atoms. The molecule has 0 bridgehead atoms. The van der Waals surface area contributed by atoms with Crippen LogP contribution in [0.5, 0.6) is 0 Å². The molecule has 2 aliphatic rings. The van der Waals surface area contributed by atoms with Crippen LogP contribution in [-0.2, 0) is 16.0 Å². The van der Waals surface area contributed by atoms with E-state index in [1.807, 2.05) is 0 Å². The molecule has 10 heteroatoms. The molecule has 3 atom stereocenters. The van der Waals surface area contributed by atoms with Crippen molar-refractivity contribution in [1.29, 1.82) is 0 Å². The third kappa shape index (κ3) is 5.38. The monoisotopic (exact) mass is 515 g/mol. The molecule has 2 fully saturated rings. The highest BCUT2D eigenvalue weighted by Crippen LogP contribution is 2.49. The fourth-order valence-electron chi connectivity index (χ4n) is 5.06. The Morgan fingerprint density at radius 1 is 1.14 bits per heavy atom. The summed E-state index contributed by atoms with van der Waals surface area (Å²) in [6.07, 6.45) is 0.154. The van der Waals surface area contributed by atoms with Crippen LogP contribution in [0.25, 0.3) is 0 Å². The van der Waals surface area contributed by atoms with E-state index >= 15 is 4.39 Å². The van der Waals surface area contributed by atoms with Crippen LogP contribution in [0.15, 0.2) is 65.4 Å². The summed E-state index contributed by atoms with van der Waals surface area (Å²) >= 11 is 0. The predicted octanol–water partition coefficient (Wildman–Crippen LogP) is 4.71. The van der Waals surface area contributed by atoms with Crippen molar-refractivity contribution in [2.45, 2.75) is 55.8 Å². The van der Waals surface area contributed by atoms with Gasteiger partial charge in [-0.05, 0) is 28.7 Å². The molecule has 1 saturated carbocycles. The van der Waals surface area contributed by atoms with Crippen molar-refractivity contribution < 1.29 is 31.6 Å². The summed E-state index contributed by atoms with van der Waals surface area (Å²) in [4.78, 5) is 31.2. The summed E-state index contributed by atoms with van der Waals surface area (Å²) in [5, 5.41) is 2.85. The highest BCUT2D eigenvalue weighted by molar-refractivity contribution is 5.89. The van der Waals surface area contributed by atoms with Crippen LogP contribution in [-0.4, -0.2) is 46.4 Å². The molecule has 0 unspecified atom stereocenters. The first-order chi connectivity index (χ1) is 17.7. The lowest BCUT2D eigenvalue weighted by Gasteiger charge is -2.35. The smallest absolute Gasteiger partial charge is 0.249 e. The molecule has 2 aromatic carbocycles. The molecule has 1 saturated heterocycles. The van der Waals surface area contributed by atoms with Crippen LogP contribution in [0, 0.1) is 5.82 Å². The Bertz CT molecular complexity index is 1260. The van der Waals surface area contributed by atoms with Crippen LogP contribution in [0.4, 0.5) is 17.6 Å². The zero-order valence-corrected chi connectivity index (χ0v) is 19.7. The minimum Gasteiger partial charge on any atom is -0.448 e. The summed E-state index contributed by atoms with van der Waals surface area (Å²) in [5.41, 5.74) is 1.26. The van der Waals surface area contributed by atoms with Crippen molar-refractivity contribution in [3.05, 3.63) is 89.4 Å². The van der Waals surface area contributed by atoms with Crippen molar-refractivity contribution >= 4 is 11.8 Å². The average Bonchev–Trinajstić information content (AvgIpc) is 3.51. The number of oxazole rings is 1. The van der Waals surface area contributed by atoms with Crippen LogP contribution in [0.3, 0.4) is 0 Å². The Labute approximate surface area is 210 Å². The normalized spacial score (nSPS) is 21.9. The highest BCUT2D eigenvalue weighted by Gasteiger charge is 2.47. The molecular weight excluding hydrogens is 490 g/mol. The van der Waals surface area contributed by atoms with Crippen LogP contribution in [0.2, 0.25) is 0 Å². The number of alkyl halides is 3. The van der Waals surface area contributed by atoms with Gasteiger partial charge in [-0.25, -0.2) is 22.5 Å². The predicted molar refractivity (Wildman–Crippen MR) is 125 cm³/mol.